The number of nitrogens with zero attached hydrogens (tertiary/aromatic N) is 3. The van der Waals surface area contributed by atoms with Gasteiger partial charge in [0.1, 0.15) is 5.69 Å². The van der Waals surface area contributed by atoms with Gasteiger partial charge < -0.3 is 15.5 Å². The summed E-state index contributed by atoms with van der Waals surface area (Å²) in [6, 6.07) is 7.19. The van der Waals surface area contributed by atoms with Gasteiger partial charge in [-0.25, -0.2) is 9.97 Å². The van der Waals surface area contributed by atoms with E-state index in [9.17, 15) is 4.79 Å². The quantitative estimate of drug-likeness (QED) is 0.754. The Morgan fingerprint density at radius 3 is 2.79 bits per heavy atom. The van der Waals surface area contributed by atoms with Crippen LogP contribution in [0.15, 0.2) is 30.5 Å². The fourth-order valence-corrected chi connectivity index (χ4v) is 2.21. The average Bonchev–Trinajstić information content (AvgIpc) is 2.55. The lowest BCUT2D eigenvalue weighted by Crippen LogP contribution is -2.28. The number of nitrogens with one attached hydrogen (secondary N) is 2. The molecule has 2 N–H and O–H groups in total. The predicted octanol–water partition coefficient (Wildman–Crippen LogP) is 2.86. The molecule has 0 aliphatic heterocycles. The molecule has 24 heavy (non-hydrogen) atoms. The van der Waals surface area contributed by atoms with E-state index in [1.165, 1.54) is 0 Å². The summed E-state index contributed by atoms with van der Waals surface area (Å²) in [6.07, 6.45) is 2.44. The van der Waals surface area contributed by atoms with E-state index in [0.29, 0.717) is 23.2 Å². The molecule has 128 valence electrons. The fraction of sp³-hybridized carbons (Fsp3) is 0.353. The number of halogens is 1. The smallest absolute Gasteiger partial charge is 0.270 e. The zero-order valence-electron chi connectivity index (χ0n) is 14.1. The summed E-state index contributed by atoms with van der Waals surface area (Å²) >= 11 is 6.11. The lowest BCUT2D eigenvalue weighted by Gasteiger charge is -2.10. The number of carbonyl (C=O) groups is 1. The summed E-state index contributed by atoms with van der Waals surface area (Å²) in [4.78, 5) is 22.6. The first-order valence-electron chi connectivity index (χ1n) is 7.75. The number of aromatic nitrogens is 2. The number of amides is 1. The predicted molar refractivity (Wildman–Crippen MR) is 97.0 cm³/mol. The van der Waals surface area contributed by atoms with Gasteiger partial charge in [0.2, 0.25) is 5.95 Å². The Kier molecular flexibility index (Phi) is 6.52. The van der Waals surface area contributed by atoms with Crippen molar-refractivity contribution >= 4 is 29.1 Å². The monoisotopic (exact) mass is 347 g/mol. The molecule has 0 aliphatic carbocycles. The molecule has 2 rings (SSSR count). The van der Waals surface area contributed by atoms with Gasteiger partial charge in [-0.15, -0.1) is 0 Å². The van der Waals surface area contributed by atoms with Crippen LogP contribution in [0.4, 0.5) is 11.6 Å². The van der Waals surface area contributed by atoms with E-state index in [4.69, 9.17) is 11.6 Å². The summed E-state index contributed by atoms with van der Waals surface area (Å²) < 4.78 is 0. The Bertz CT molecular complexity index is 705. The lowest BCUT2D eigenvalue weighted by atomic mass is 10.2. The number of hydrogen-bond donors (Lipinski definition) is 2. The van der Waals surface area contributed by atoms with E-state index >= 15 is 0 Å². The van der Waals surface area contributed by atoms with Crippen molar-refractivity contribution in [3.05, 3.63) is 46.7 Å². The van der Waals surface area contributed by atoms with Gasteiger partial charge in [0.05, 0.1) is 0 Å². The fourth-order valence-electron chi connectivity index (χ4n) is 2.03. The highest BCUT2D eigenvalue weighted by molar-refractivity contribution is 6.31. The minimum Gasteiger partial charge on any atom is -0.351 e. The molecule has 0 atom stereocenters. The van der Waals surface area contributed by atoms with E-state index in [1.54, 1.807) is 18.3 Å². The molecule has 0 bridgehead atoms. The van der Waals surface area contributed by atoms with E-state index in [1.807, 2.05) is 33.2 Å². The molecule has 0 fully saturated rings. The molecule has 1 heterocycles. The molecular formula is C17H22ClN5O. The van der Waals surface area contributed by atoms with Gasteiger partial charge in [-0.3, -0.25) is 4.79 Å². The summed E-state index contributed by atoms with van der Waals surface area (Å²) in [5.74, 6) is 0.150. The second-order valence-corrected chi connectivity index (χ2v) is 6.17. The third kappa shape index (κ3) is 5.47. The van der Waals surface area contributed by atoms with E-state index in [2.05, 4.69) is 25.5 Å². The van der Waals surface area contributed by atoms with Crippen LogP contribution in [0.3, 0.4) is 0 Å². The maximum atomic E-state index is 12.1. The molecule has 7 heteroatoms. The van der Waals surface area contributed by atoms with Gasteiger partial charge in [0, 0.05) is 23.5 Å². The van der Waals surface area contributed by atoms with Crippen molar-refractivity contribution in [3.63, 3.8) is 0 Å². The average molecular weight is 348 g/mol. The standard InChI is InChI=1S/C17H22ClN5O/c1-12-5-6-13(11-14(12)18)21-17-20-9-7-15(22-17)16(24)19-8-4-10-23(2)3/h5-7,9,11H,4,8,10H2,1-3H3,(H,19,24)(H,20,21,22). The van der Waals surface area contributed by atoms with Gasteiger partial charge >= 0.3 is 0 Å². The molecule has 0 spiro atoms. The van der Waals surface area contributed by atoms with Crippen LogP contribution in [0.2, 0.25) is 5.02 Å². The van der Waals surface area contributed by atoms with Gasteiger partial charge in [-0.2, -0.15) is 0 Å². The summed E-state index contributed by atoms with van der Waals surface area (Å²) in [5, 5.41) is 6.58. The number of rotatable bonds is 7. The maximum absolute atomic E-state index is 12.1. The molecule has 0 radical (unpaired) electrons. The molecule has 0 saturated heterocycles. The summed E-state index contributed by atoms with van der Waals surface area (Å²) in [6.45, 7) is 3.46. The SMILES string of the molecule is Cc1ccc(Nc2nccc(C(=O)NCCCN(C)C)n2)cc1Cl. The molecule has 0 unspecified atom stereocenters. The Balaban J connectivity index is 1.97. The number of anilines is 2. The molecule has 0 aliphatic rings. The molecule has 0 saturated carbocycles. The highest BCUT2D eigenvalue weighted by Gasteiger charge is 2.09. The first kappa shape index (κ1) is 18.2. The van der Waals surface area contributed by atoms with E-state index < -0.39 is 0 Å². The lowest BCUT2D eigenvalue weighted by molar-refractivity contribution is 0.0947. The van der Waals surface area contributed by atoms with Gasteiger partial charge in [0.25, 0.3) is 5.91 Å². The second-order valence-electron chi connectivity index (χ2n) is 5.77. The molecule has 1 aromatic carbocycles. The molecule has 1 aromatic heterocycles. The first-order chi connectivity index (χ1) is 11.5. The molecule has 1 amide bonds. The number of hydrogen-bond acceptors (Lipinski definition) is 5. The third-order valence-corrected chi connectivity index (χ3v) is 3.79. The normalized spacial score (nSPS) is 10.7. The number of benzene rings is 1. The van der Waals surface area contributed by atoms with Crippen molar-refractivity contribution in [1.29, 1.82) is 0 Å². The van der Waals surface area contributed by atoms with Crippen LogP contribution in [0.5, 0.6) is 0 Å². The third-order valence-electron chi connectivity index (χ3n) is 3.38. The Morgan fingerprint density at radius 2 is 2.08 bits per heavy atom. The van der Waals surface area contributed by atoms with Crippen LogP contribution >= 0.6 is 11.6 Å². The van der Waals surface area contributed by atoms with Crippen molar-refractivity contribution in [1.82, 2.24) is 20.2 Å². The molecule has 6 nitrogen and oxygen atoms in total. The topological polar surface area (TPSA) is 70.2 Å². The van der Waals surface area contributed by atoms with Crippen molar-refractivity contribution in [2.24, 2.45) is 0 Å². The van der Waals surface area contributed by atoms with Crippen molar-refractivity contribution in [2.75, 3.05) is 32.5 Å². The van der Waals surface area contributed by atoms with Crippen molar-refractivity contribution in [3.8, 4) is 0 Å². The van der Waals surface area contributed by atoms with Crippen LogP contribution < -0.4 is 10.6 Å². The zero-order chi connectivity index (χ0) is 17.5. The number of aryl methyl sites for hydroxylation is 1. The molecule has 2 aromatic rings. The highest BCUT2D eigenvalue weighted by atomic mass is 35.5. The molecular weight excluding hydrogens is 326 g/mol. The summed E-state index contributed by atoms with van der Waals surface area (Å²) in [7, 11) is 4.00. The van der Waals surface area contributed by atoms with Crippen LogP contribution in [0, 0.1) is 6.92 Å². The Morgan fingerprint density at radius 1 is 1.29 bits per heavy atom. The number of carbonyl (C=O) groups excluding carboxylic acids is 1. The van der Waals surface area contributed by atoms with Gasteiger partial charge in [-0.1, -0.05) is 17.7 Å². The van der Waals surface area contributed by atoms with Crippen LogP contribution in [0.25, 0.3) is 0 Å². The Hall–Kier alpha value is -2.18. The largest absolute Gasteiger partial charge is 0.351 e. The first-order valence-corrected chi connectivity index (χ1v) is 8.12. The van der Waals surface area contributed by atoms with E-state index in [0.717, 1.165) is 24.2 Å². The van der Waals surface area contributed by atoms with Crippen LogP contribution in [0.1, 0.15) is 22.5 Å². The van der Waals surface area contributed by atoms with E-state index in [-0.39, 0.29) is 5.91 Å². The zero-order valence-corrected chi connectivity index (χ0v) is 14.9. The highest BCUT2D eigenvalue weighted by Crippen LogP contribution is 2.21. The van der Waals surface area contributed by atoms with Crippen molar-refractivity contribution in [2.45, 2.75) is 13.3 Å². The summed E-state index contributed by atoms with van der Waals surface area (Å²) in [5.41, 5.74) is 2.10. The second kappa shape index (κ2) is 8.61. The van der Waals surface area contributed by atoms with Gasteiger partial charge in [0.15, 0.2) is 0 Å². The van der Waals surface area contributed by atoms with Crippen LogP contribution in [-0.2, 0) is 0 Å². The maximum Gasteiger partial charge on any atom is 0.270 e. The van der Waals surface area contributed by atoms with Crippen LogP contribution in [-0.4, -0.2) is 48.0 Å². The van der Waals surface area contributed by atoms with Gasteiger partial charge in [-0.05, 0) is 57.7 Å². The minimum atomic E-state index is -0.207. The minimum absolute atomic E-state index is 0.207. The van der Waals surface area contributed by atoms with Crippen molar-refractivity contribution < 1.29 is 4.79 Å². The Labute approximate surface area is 147 Å².